The van der Waals surface area contributed by atoms with E-state index in [1.165, 1.54) is 31.4 Å². The number of aliphatic hydroxyl groups is 13. The third-order valence-corrected chi connectivity index (χ3v) is 11.0. The summed E-state index contributed by atoms with van der Waals surface area (Å²) in [6.45, 7) is -2.65. The second-order valence-corrected chi connectivity index (χ2v) is 15.3. The minimum absolute atomic E-state index is 0.156. The van der Waals surface area contributed by atoms with Gasteiger partial charge in [0.25, 0.3) is 5.79 Å². The van der Waals surface area contributed by atoms with E-state index in [4.69, 9.17) is 47.4 Å². The van der Waals surface area contributed by atoms with E-state index in [9.17, 15) is 76.0 Å². The predicted octanol–water partition coefficient (Wildman–Crippen LogP) is -8.22. The van der Waals surface area contributed by atoms with Crippen LogP contribution in [0.3, 0.4) is 0 Å². The molecule has 63 heavy (non-hydrogen) atoms. The number of benzene rings is 1. The Kier molecular flexibility index (Phi) is 17.8. The van der Waals surface area contributed by atoms with Crippen molar-refractivity contribution in [3.05, 3.63) is 24.3 Å². The molecule has 0 unspecified atom stereocenters. The number of hydrogen-bond donors (Lipinski definition) is 14. The van der Waals surface area contributed by atoms with E-state index in [2.05, 4.69) is 5.32 Å². The molecule has 1 aromatic carbocycles. The molecule has 4 fully saturated rings. The van der Waals surface area contributed by atoms with Crippen LogP contribution in [0.25, 0.3) is 0 Å². The normalized spacial score (nSPS) is 41.8. The molecule has 21 atom stereocenters. The number of rotatable bonds is 17. The van der Waals surface area contributed by atoms with Crippen molar-refractivity contribution < 1.29 is 123 Å². The Balaban J connectivity index is 1.47. The van der Waals surface area contributed by atoms with Gasteiger partial charge < -0.3 is 119 Å². The molecule has 1 aromatic rings. The third kappa shape index (κ3) is 11.2. The quantitative estimate of drug-likeness (QED) is 0.0645. The Bertz CT molecular complexity index is 1610. The first kappa shape index (κ1) is 51.0. The highest BCUT2D eigenvalue weighted by Crippen LogP contribution is 2.39. The lowest BCUT2D eigenvalue weighted by atomic mass is 9.88. The van der Waals surface area contributed by atoms with Crippen LogP contribution in [0, 0.1) is 0 Å². The molecule has 0 spiro atoms. The van der Waals surface area contributed by atoms with Gasteiger partial charge in [-0.05, 0) is 24.3 Å². The van der Waals surface area contributed by atoms with Crippen molar-refractivity contribution in [2.45, 2.75) is 142 Å². The van der Waals surface area contributed by atoms with Crippen molar-refractivity contribution >= 4 is 11.9 Å². The SMILES string of the molecule is COC(=O)[C@@]1(O[C@H]2[C@@H](O)[C@@H](CO[C@@H]3O[C@H](CO)[C@H](O)[C@H](O)[C@H]3O)O[C@@H](O[C@H]3[C@H](O)[C@@H](O)[C@H](Oc4ccc(OC)cc4)O[C@@H]3CO)[C@@H]2O)C[C@H](O)[C@@H](NC(C)=O)[C@H]([C@H](O)[C@H](O)CO)O1. The van der Waals surface area contributed by atoms with Crippen molar-refractivity contribution in [2.75, 3.05) is 40.6 Å². The van der Waals surface area contributed by atoms with E-state index >= 15 is 0 Å². The van der Waals surface area contributed by atoms with Crippen LogP contribution >= 0.6 is 0 Å². The monoisotopic (exact) mass is 915 g/mol. The van der Waals surface area contributed by atoms with Gasteiger partial charge in [0.05, 0.1) is 52.8 Å². The smallest absolute Gasteiger partial charge is 0.366 e. The molecule has 4 saturated heterocycles. The van der Waals surface area contributed by atoms with Gasteiger partial charge in [-0.15, -0.1) is 0 Å². The van der Waals surface area contributed by atoms with E-state index in [0.29, 0.717) is 5.75 Å². The minimum atomic E-state index is -2.94. The van der Waals surface area contributed by atoms with Gasteiger partial charge in [-0.1, -0.05) is 0 Å². The second kappa shape index (κ2) is 22.0. The molecule has 1 amide bonds. The molecule has 0 aromatic heterocycles. The molecule has 4 aliphatic heterocycles. The van der Waals surface area contributed by atoms with Crippen LogP contribution in [0.1, 0.15) is 13.3 Å². The largest absolute Gasteiger partial charge is 0.497 e. The Hall–Kier alpha value is -3.04. The van der Waals surface area contributed by atoms with Crippen molar-refractivity contribution in [1.82, 2.24) is 5.32 Å². The zero-order valence-electron chi connectivity index (χ0n) is 34.1. The van der Waals surface area contributed by atoms with Crippen LogP contribution in [0.2, 0.25) is 0 Å². The summed E-state index contributed by atoms with van der Waals surface area (Å²) in [7, 11) is 2.29. The number of methoxy groups -OCH3 is 2. The molecular weight excluding hydrogens is 858 g/mol. The number of nitrogens with one attached hydrogen (secondary N) is 1. The van der Waals surface area contributed by atoms with Crippen molar-refractivity contribution in [2.24, 2.45) is 0 Å². The molecule has 4 aliphatic rings. The van der Waals surface area contributed by atoms with E-state index in [0.717, 1.165) is 14.0 Å². The lowest BCUT2D eigenvalue weighted by Crippen LogP contribution is -2.71. The fourth-order valence-electron chi connectivity index (χ4n) is 7.56. The van der Waals surface area contributed by atoms with Crippen LogP contribution in [-0.2, 0) is 47.5 Å². The molecule has 0 aliphatic carbocycles. The number of ether oxygens (including phenoxy) is 10. The Morgan fingerprint density at radius 3 is 1.94 bits per heavy atom. The molecule has 0 radical (unpaired) electrons. The fraction of sp³-hybridized carbons (Fsp3) is 0.784. The third-order valence-electron chi connectivity index (χ3n) is 11.0. The molecular formula is C37H57NO25. The highest BCUT2D eigenvalue weighted by atomic mass is 16.8. The molecule has 5 rings (SSSR count). The van der Waals surface area contributed by atoms with Crippen LogP contribution in [0.4, 0.5) is 0 Å². The van der Waals surface area contributed by atoms with Crippen LogP contribution in [0.15, 0.2) is 24.3 Å². The number of hydrogen-bond acceptors (Lipinski definition) is 25. The Morgan fingerprint density at radius 1 is 0.746 bits per heavy atom. The summed E-state index contributed by atoms with van der Waals surface area (Å²) in [5, 5.41) is 142. The average molecular weight is 916 g/mol. The first-order valence-corrected chi connectivity index (χ1v) is 19.7. The topological polar surface area (TPSA) is 401 Å². The summed E-state index contributed by atoms with van der Waals surface area (Å²) in [4.78, 5) is 25.7. The van der Waals surface area contributed by atoms with Crippen LogP contribution < -0.4 is 14.8 Å². The summed E-state index contributed by atoms with van der Waals surface area (Å²) in [5.41, 5.74) is 0. The number of aliphatic hydroxyl groups excluding tert-OH is 13. The number of amides is 1. The van der Waals surface area contributed by atoms with Gasteiger partial charge in [-0.2, -0.15) is 0 Å². The Morgan fingerprint density at radius 2 is 1.35 bits per heavy atom. The van der Waals surface area contributed by atoms with Crippen LogP contribution in [0.5, 0.6) is 11.5 Å². The summed E-state index contributed by atoms with van der Waals surface area (Å²) < 4.78 is 56.0. The zero-order chi connectivity index (χ0) is 46.5. The lowest BCUT2D eigenvalue weighted by molar-refractivity contribution is -0.388. The van der Waals surface area contributed by atoms with Crippen molar-refractivity contribution in [3.8, 4) is 11.5 Å². The summed E-state index contributed by atoms with van der Waals surface area (Å²) in [6.07, 6.45) is -37.2. The van der Waals surface area contributed by atoms with Gasteiger partial charge in [0.2, 0.25) is 12.2 Å². The van der Waals surface area contributed by atoms with Crippen LogP contribution in [-0.4, -0.2) is 247 Å². The van der Waals surface area contributed by atoms with E-state index < -0.39 is 173 Å². The second-order valence-electron chi connectivity index (χ2n) is 15.3. The summed E-state index contributed by atoms with van der Waals surface area (Å²) in [5.74, 6) is -4.53. The zero-order valence-corrected chi connectivity index (χ0v) is 34.1. The van der Waals surface area contributed by atoms with Gasteiger partial charge >= 0.3 is 5.97 Å². The van der Waals surface area contributed by atoms with Crippen molar-refractivity contribution in [1.29, 1.82) is 0 Å². The molecule has 4 heterocycles. The highest BCUT2D eigenvalue weighted by molar-refractivity contribution is 5.78. The van der Waals surface area contributed by atoms with Gasteiger partial charge in [0.1, 0.15) is 103 Å². The average Bonchev–Trinajstić information content (AvgIpc) is 3.27. The lowest BCUT2D eigenvalue weighted by Gasteiger charge is -2.51. The van der Waals surface area contributed by atoms with Gasteiger partial charge in [0.15, 0.2) is 12.6 Å². The van der Waals surface area contributed by atoms with Gasteiger partial charge in [-0.25, -0.2) is 4.79 Å². The molecule has 0 bridgehead atoms. The van der Waals surface area contributed by atoms with E-state index in [1.54, 1.807) is 0 Å². The van der Waals surface area contributed by atoms with E-state index in [-0.39, 0.29) is 5.75 Å². The van der Waals surface area contributed by atoms with Crippen molar-refractivity contribution in [3.63, 3.8) is 0 Å². The maximum Gasteiger partial charge on any atom is 0.366 e. The van der Waals surface area contributed by atoms with E-state index in [1.807, 2.05) is 0 Å². The Labute approximate surface area is 358 Å². The number of carbonyl (C=O) groups is 2. The molecule has 14 N–H and O–H groups in total. The minimum Gasteiger partial charge on any atom is -0.497 e. The first-order valence-electron chi connectivity index (χ1n) is 19.7. The fourth-order valence-corrected chi connectivity index (χ4v) is 7.56. The first-order chi connectivity index (χ1) is 29.8. The molecule has 26 heteroatoms. The number of carbonyl (C=O) groups excluding carboxylic acids is 2. The highest BCUT2D eigenvalue weighted by Gasteiger charge is 2.61. The summed E-state index contributed by atoms with van der Waals surface area (Å²) >= 11 is 0. The predicted molar refractivity (Wildman–Crippen MR) is 198 cm³/mol. The standard InChI is InChI=1S/C37H57NO25/c1-13(42)38-21-16(43)8-37(36(53)55-3,62-31(21)22(45)17(44)9-39)63-32-24(47)20(12-56-33-27(50)25(48)23(46)18(10-40)58-33)60-35(29(32)52)61-30-19(11-41)59-34(28(51)26(30)49)57-15-6-4-14(54-2)5-7-15/h4-7,16-35,39-41,43-52H,8-12H2,1-3H3,(H,38,42)/t16-,17+,18+,19+,20+,21+,22+,23-,24-,25-,26+,27+,28+,29+,30+,31+,32-,33+,34+,35-,37-/m0/s1. The maximum atomic E-state index is 13.6. The maximum absolute atomic E-state index is 13.6. The molecule has 360 valence electrons. The van der Waals surface area contributed by atoms with Gasteiger partial charge in [-0.3, -0.25) is 4.79 Å². The molecule has 0 saturated carbocycles. The summed E-state index contributed by atoms with van der Waals surface area (Å²) in [6, 6.07) is 4.43. The number of esters is 1. The molecule has 26 nitrogen and oxygen atoms in total. The van der Waals surface area contributed by atoms with Gasteiger partial charge in [0, 0.05) is 13.3 Å².